The Labute approximate surface area is 112 Å². The molecule has 19 heavy (non-hydrogen) atoms. The Morgan fingerprint density at radius 2 is 1.89 bits per heavy atom. The van der Waals surface area contributed by atoms with Crippen LogP contribution in [0.2, 0.25) is 0 Å². The fourth-order valence-corrected chi connectivity index (χ4v) is 2.52. The molecule has 4 heteroatoms. The summed E-state index contributed by atoms with van der Waals surface area (Å²) in [5.74, 6) is 0. The van der Waals surface area contributed by atoms with Crippen molar-refractivity contribution in [2.75, 3.05) is 38.1 Å². The zero-order valence-electron chi connectivity index (χ0n) is 11.0. The molecule has 0 atom stereocenters. The average Bonchev–Trinajstić information content (AvgIpc) is 2.47. The molecule has 1 aromatic carbocycles. The molecule has 4 nitrogen and oxygen atoms in total. The third kappa shape index (κ3) is 2.25. The topological polar surface area (TPSA) is 43.2 Å². The number of rotatable bonds is 1. The van der Waals surface area contributed by atoms with E-state index in [1.807, 2.05) is 24.3 Å². The lowest BCUT2D eigenvalue weighted by atomic mass is 10.1. The van der Waals surface area contributed by atoms with Crippen LogP contribution in [0.1, 0.15) is 5.69 Å². The SMILES string of the molecule is CN1CCN(c2cc(C#N)nc3ccccc23)CC1. The van der Waals surface area contributed by atoms with Gasteiger partial charge in [-0.1, -0.05) is 18.2 Å². The highest BCUT2D eigenvalue weighted by molar-refractivity contribution is 5.92. The minimum absolute atomic E-state index is 0.493. The smallest absolute Gasteiger partial charge is 0.143 e. The maximum atomic E-state index is 9.12. The number of benzene rings is 1. The van der Waals surface area contributed by atoms with Crippen molar-refractivity contribution in [3.8, 4) is 6.07 Å². The number of nitriles is 1. The van der Waals surface area contributed by atoms with Crippen molar-refractivity contribution in [1.29, 1.82) is 5.26 Å². The van der Waals surface area contributed by atoms with E-state index in [4.69, 9.17) is 5.26 Å². The van der Waals surface area contributed by atoms with Crippen LogP contribution >= 0.6 is 0 Å². The van der Waals surface area contributed by atoms with Gasteiger partial charge in [0.05, 0.1) is 5.52 Å². The molecule has 0 amide bonds. The standard InChI is InChI=1S/C15H16N4/c1-18-6-8-19(9-7-18)15-10-12(11-16)17-14-5-3-2-4-13(14)15/h2-5,10H,6-9H2,1H3. The Bertz CT molecular complexity index is 636. The molecule has 3 rings (SSSR count). The molecule has 1 saturated heterocycles. The zero-order valence-corrected chi connectivity index (χ0v) is 11.0. The monoisotopic (exact) mass is 252 g/mol. The van der Waals surface area contributed by atoms with E-state index >= 15 is 0 Å². The van der Waals surface area contributed by atoms with Crippen LogP contribution in [0.15, 0.2) is 30.3 Å². The fraction of sp³-hybridized carbons (Fsp3) is 0.333. The number of pyridine rings is 1. The van der Waals surface area contributed by atoms with Crippen LogP contribution in [-0.2, 0) is 0 Å². The van der Waals surface area contributed by atoms with Gasteiger partial charge in [0, 0.05) is 37.3 Å². The number of fused-ring (bicyclic) bond motifs is 1. The first kappa shape index (κ1) is 11.9. The maximum Gasteiger partial charge on any atom is 0.143 e. The van der Waals surface area contributed by atoms with E-state index in [2.05, 4.69) is 34.0 Å². The molecular weight excluding hydrogens is 236 g/mol. The number of anilines is 1. The van der Waals surface area contributed by atoms with Gasteiger partial charge in [-0.15, -0.1) is 0 Å². The molecule has 2 heterocycles. The molecule has 1 aliphatic rings. The quantitative estimate of drug-likeness (QED) is 0.777. The highest BCUT2D eigenvalue weighted by Crippen LogP contribution is 2.27. The molecule has 0 unspecified atom stereocenters. The van der Waals surface area contributed by atoms with Gasteiger partial charge in [0.1, 0.15) is 11.8 Å². The van der Waals surface area contributed by atoms with Crippen LogP contribution < -0.4 is 4.90 Å². The highest BCUT2D eigenvalue weighted by Gasteiger charge is 2.17. The van der Waals surface area contributed by atoms with Gasteiger partial charge in [0.15, 0.2) is 0 Å². The van der Waals surface area contributed by atoms with Crippen LogP contribution in [-0.4, -0.2) is 43.1 Å². The Morgan fingerprint density at radius 1 is 1.16 bits per heavy atom. The first-order chi connectivity index (χ1) is 9.28. The lowest BCUT2D eigenvalue weighted by Gasteiger charge is -2.34. The average molecular weight is 252 g/mol. The fourth-order valence-electron chi connectivity index (χ4n) is 2.52. The van der Waals surface area contributed by atoms with E-state index in [-0.39, 0.29) is 0 Å². The molecule has 0 N–H and O–H groups in total. The second kappa shape index (κ2) is 4.87. The van der Waals surface area contributed by atoms with Gasteiger partial charge in [0.25, 0.3) is 0 Å². The number of nitrogens with zero attached hydrogens (tertiary/aromatic N) is 4. The van der Waals surface area contributed by atoms with Gasteiger partial charge in [-0.25, -0.2) is 4.98 Å². The summed E-state index contributed by atoms with van der Waals surface area (Å²) in [6.07, 6.45) is 0. The summed E-state index contributed by atoms with van der Waals surface area (Å²) < 4.78 is 0. The second-order valence-electron chi connectivity index (χ2n) is 4.95. The van der Waals surface area contributed by atoms with Gasteiger partial charge >= 0.3 is 0 Å². The van der Waals surface area contributed by atoms with Crippen LogP contribution in [0.5, 0.6) is 0 Å². The maximum absolute atomic E-state index is 9.12. The molecule has 1 aromatic heterocycles. The second-order valence-corrected chi connectivity index (χ2v) is 4.95. The summed E-state index contributed by atoms with van der Waals surface area (Å²) in [5.41, 5.74) is 2.53. The van der Waals surface area contributed by atoms with Crippen molar-refractivity contribution in [3.05, 3.63) is 36.0 Å². The first-order valence-electron chi connectivity index (χ1n) is 6.51. The van der Waals surface area contributed by atoms with Crippen LogP contribution in [0, 0.1) is 11.3 Å². The van der Waals surface area contributed by atoms with E-state index < -0.39 is 0 Å². The van der Waals surface area contributed by atoms with E-state index in [1.54, 1.807) is 0 Å². The molecule has 1 aliphatic heterocycles. The number of piperazine rings is 1. The number of likely N-dealkylation sites (N-methyl/N-ethyl adjacent to an activating group) is 1. The molecule has 0 spiro atoms. The molecule has 0 saturated carbocycles. The predicted molar refractivity (Wildman–Crippen MR) is 76.2 cm³/mol. The zero-order chi connectivity index (χ0) is 13.2. The Hall–Kier alpha value is -2.12. The number of hydrogen-bond acceptors (Lipinski definition) is 4. The van der Waals surface area contributed by atoms with Gasteiger partial charge < -0.3 is 9.80 Å². The third-order valence-electron chi connectivity index (χ3n) is 3.65. The summed E-state index contributed by atoms with van der Waals surface area (Å²) in [7, 11) is 2.14. The van der Waals surface area contributed by atoms with Crippen molar-refractivity contribution in [2.24, 2.45) is 0 Å². The Morgan fingerprint density at radius 3 is 2.63 bits per heavy atom. The van der Waals surface area contributed by atoms with Crippen molar-refractivity contribution < 1.29 is 0 Å². The summed E-state index contributed by atoms with van der Waals surface area (Å²) in [6, 6.07) is 12.1. The molecular formula is C15H16N4. The number of aromatic nitrogens is 1. The molecule has 96 valence electrons. The predicted octanol–water partition coefficient (Wildman–Crippen LogP) is 1.86. The first-order valence-corrected chi connectivity index (χ1v) is 6.51. The molecule has 0 aliphatic carbocycles. The normalized spacial score (nSPS) is 16.5. The van der Waals surface area contributed by atoms with Crippen molar-refractivity contribution in [2.45, 2.75) is 0 Å². The molecule has 2 aromatic rings. The minimum Gasteiger partial charge on any atom is -0.368 e. The summed E-state index contributed by atoms with van der Waals surface area (Å²) in [6.45, 7) is 4.10. The summed E-state index contributed by atoms with van der Waals surface area (Å²) >= 11 is 0. The number of hydrogen-bond donors (Lipinski definition) is 0. The van der Waals surface area contributed by atoms with E-state index in [1.165, 1.54) is 0 Å². The van der Waals surface area contributed by atoms with Gasteiger partial charge in [-0.3, -0.25) is 0 Å². The number of para-hydroxylation sites is 1. The van der Waals surface area contributed by atoms with E-state index in [0.717, 1.165) is 42.8 Å². The van der Waals surface area contributed by atoms with Gasteiger partial charge in [-0.05, 0) is 19.2 Å². The summed E-state index contributed by atoms with van der Waals surface area (Å²) in [4.78, 5) is 9.04. The summed E-state index contributed by atoms with van der Waals surface area (Å²) in [5, 5.41) is 10.3. The molecule has 0 radical (unpaired) electrons. The minimum atomic E-state index is 0.493. The molecule has 1 fully saturated rings. The highest BCUT2D eigenvalue weighted by atomic mass is 15.2. The lowest BCUT2D eigenvalue weighted by Crippen LogP contribution is -2.44. The van der Waals surface area contributed by atoms with Crippen molar-refractivity contribution in [1.82, 2.24) is 9.88 Å². The van der Waals surface area contributed by atoms with Crippen LogP contribution in [0.3, 0.4) is 0 Å². The Kier molecular flexibility index (Phi) is 3.06. The Balaban J connectivity index is 2.09. The van der Waals surface area contributed by atoms with Crippen LogP contribution in [0.4, 0.5) is 5.69 Å². The van der Waals surface area contributed by atoms with Crippen molar-refractivity contribution in [3.63, 3.8) is 0 Å². The van der Waals surface area contributed by atoms with E-state index in [9.17, 15) is 0 Å². The third-order valence-corrected chi connectivity index (χ3v) is 3.65. The van der Waals surface area contributed by atoms with Crippen LogP contribution in [0.25, 0.3) is 10.9 Å². The lowest BCUT2D eigenvalue weighted by molar-refractivity contribution is 0.313. The van der Waals surface area contributed by atoms with E-state index in [0.29, 0.717) is 5.69 Å². The van der Waals surface area contributed by atoms with Gasteiger partial charge in [0.2, 0.25) is 0 Å². The largest absolute Gasteiger partial charge is 0.368 e. The molecule has 0 bridgehead atoms. The van der Waals surface area contributed by atoms with Gasteiger partial charge in [-0.2, -0.15) is 5.26 Å². The van der Waals surface area contributed by atoms with Crippen molar-refractivity contribution >= 4 is 16.6 Å².